The first kappa shape index (κ1) is 17.2. The monoisotopic (exact) mass is 397 g/mol. The number of nitrogens with zero attached hydrogens (tertiary/aromatic N) is 2. The number of carbonyl (C=O) groups is 1. The van der Waals surface area contributed by atoms with Gasteiger partial charge in [-0.05, 0) is 29.8 Å². The minimum Gasteiger partial charge on any atom is -0.480 e. The predicted molar refractivity (Wildman–Crippen MR) is 111 cm³/mol. The number of carboxylic acid groups (broad SMARTS) is 1. The van der Waals surface area contributed by atoms with Crippen LogP contribution < -0.4 is 4.74 Å². The largest absolute Gasteiger partial charge is 0.480 e. The van der Waals surface area contributed by atoms with Crippen LogP contribution in [0.1, 0.15) is 34.7 Å². The lowest BCUT2D eigenvalue weighted by atomic mass is 9.85. The SMILES string of the molecule is O=C(O)[C@@H]1Cc2c([nH]c3ccccc23)[C@H]2c3ccccc3O[C@@H](c3ccncc3)N21. The van der Waals surface area contributed by atoms with Crippen LogP contribution in [0.4, 0.5) is 0 Å². The lowest BCUT2D eigenvalue weighted by Crippen LogP contribution is -2.53. The average molecular weight is 397 g/mol. The van der Waals surface area contributed by atoms with Gasteiger partial charge in [0.25, 0.3) is 0 Å². The Balaban J connectivity index is 1.64. The summed E-state index contributed by atoms with van der Waals surface area (Å²) in [6, 6.07) is 18.8. The van der Waals surface area contributed by atoms with Crippen molar-refractivity contribution in [1.82, 2.24) is 14.9 Å². The fraction of sp³-hybridized carbons (Fsp3) is 0.167. The minimum atomic E-state index is -0.849. The maximum Gasteiger partial charge on any atom is 0.321 e. The highest BCUT2D eigenvalue weighted by Gasteiger charge is 2.48. The van der Waals surface area contributed by atoms with Gasteiger partial charge < -0.3 is 14.8 Å². The van der Waals surface area contributed by atoms with Crippen molar-refractivity contribution in [3.05, 3.63) is 95.4 Å². The van der Waals surface area contributed by atoms with Gasteiger partial charge in [0.05, 0.1) is 6.04 Å². The molecule has 0 saturated heterocycles. The van der Waals surface area contributed by atoms with Gasteiger partial charge in [-0.1, -0.05) is 36.4 Å². The van der Waals surface area contributed by atoms with Gasteiger partial charge in [0.2, 0.25) is 0 Å². The number of aliphatic carboxylic acids is 1. The molecule has 0 amide bonds. The number of ether oxygens (including phenoxy) is 1. The second-order valence-electron chi connectivity index (χ2n) is 7.76. The molecule has 0 radical (unpaired) electrons. The molecule has 30 heavy (non-hydrogen) atoms. The number of para-hydroxylation sites is 2. The number of fused-ring (bicyclic) bond motifs is 7. The number of aromatic nitrogens is 2. The summed E-state index contributed by atoms with van der Waals surface area (Å²) in [7, 11) is 0. The van der Waals surface area contributed by atoms with Crippen molar-refractivity contribution in [3.8, 4) is 5.75 Å². The first-order valence-corrected chi connectivity index (χ1v) is 9.97. The molecule has 2 aliphatic heterocycles. The molecule has 0 fully saturated rings. The standard InChI is InChI=1S/C24H19N3O3/c28-24(29)19-13-17-15-5-1-3-7-18(15)26-21(17)22-16-6-2-4-8-20(16)30-23(27(19)22)14-9-11-25-12-10-14/h1-12,19,22-23,26H,13H2,(H,28,29)/t19-,22+,23-/m0/s1. The van der Waals surface area contributed by atoms with E-state index in [2.05, 4.69) is 16.0 Å². The zero-order valence-electron chi connectivity index (χ0n) is 16.0. The summed E-state index contributed by atoms with van der Waals surface area (Å²) in [5.74, 6) is -0.0748. The molecule has 6 nitrogen and oxygen atoms in total. The molecule has 4 heterocycles. The van der Waals surface area contributed by atoms with E-state index in [0.29, 0.717) is 6.42 Å². The molecule has 0 spiro atoms. The third kappa shape index (κ3) is 2.40. The summed E-state index contributed by atoms with van der Waals surface area (Å²) in [4.78, 5) is 22.1. The van der Waals surface area contributed by atoms with Gasteiger partial charge in [-0.25, -0.2) is 4.90 Å². The van der Waals surface area contributed by atoms with Crippen LogP contribution in [0.3, 0.4) is 0 Å². The Morgan fingerprint density at radius 2 is 1.83 bits per heavy atom. The Hall–Kier alpha value is -3.64. The Morgan fingerprint density at radius 1 is 1.07 bits per heavy atom. The molecule has 0 saturated carbocycles. The molecule has 2 aliphatic rings. The van der Waals surface area contributed by atoms with Crippen molar-refractivity contribution in [2.24, 2.45) is 0 Å². The topological polar surface area (TPSA) is 78.4 Å². The summed E-state index contributed by atoms with van der Waals surface area (Å²) < 4.78 is 6.38. The summed E-state index contributed by atoms with van der Waals surface area (Å²) in [5.41, 5.74) is 5.00. The van der Waals surface area contributed by atoms with Crippen LogP contribution in [0.2, 0.25) is 0 Å². The molecule has 2 aromatic carbocycles. The van der Waals surface area contributed by atoms with E-state index in [-0.39, 0.29) is 6.04 Å². The van der Waals surface area contributed by atoms with E-state index in [0.717, 1.165) is 39.0 Å². The minimum absolute atomic E-state index is 0.245. The smallest absolute Gasteiger partial charge is 0.321 e. The number of carboxylic acids is 1. The van der Waals surface area contributed by atoms with Crippen molar-refractivity contribution in [2.75, 3.05) is 0 Å². The Bertz CT molecular complexity index is 1270. The summed E-state index contributed by atoms with van der Waals surface area (Å²) in [6.45, 7) is 0. The molecule has 148 valence electrons. The number of aromatic amines is 1. The third-order valence-corrected chi connectivity index (χ3v) is 6.17. The number of benzene rings is 2. The molecule has 2 aromatic heterocycles. The lowest BCUT2D eigenvalue weighted by molar-refractivity contribution is -0.152. The maximum absolute atomic E-state index is 12.4. The van der Waals surface area contributed by atoms with Crippen molar-refractivity contribution in [2.45, 2.75) is 24.7 Å². The van der Waals surface area contributed by atoms with Crippen molar-refractivity contribution in [1.29, 1.82) is 0 Å². The quantitative estimate of drug-likeness (QED) is 0.533. The zero-order chi connectivity index (χ0) is 20.2. The predicted octanol–water partition coefficient (Wildman–Crippen LogP) is 4.05. The van der Waals surface area contributed by atoms with E-state index < -0.39 is 18.2 Å². The van der Waals surface area contributed by atoms with Crippen LogP contribution in [0.25, 0.3) is 10.9 Å². The first-order chi connectivity index (χ1) is 14.7. The Kier molecular flexibility index (Phi) is 3.70. The molecule has 3 atom stereocenters. The van der Waals surface area contributed by atoms with Crippen LogP contribution >= 0.6 is 0 Å². The highest BCUT2D eigenvalue weighted by atomic mass is 16.5. The highest BCUT2D eigenvalue weighted by molar-refractivity contribution is 5.87. The zero-order valence-corrected chi connectivity index (χ0v) is 16.0. The number of H-pyrrole nitrogens is 1. The summed E-state index contributed by atoms with van der Waals surface area (Å²) >= 11 is 0. The van der Waals surface area contributed by atoms with E-state index in [4.69, 9.17) is 4.74 Å². The third-order valence-electron chi connectivity index (χ3n) is 6.17. The van der Waals surface area contributed by atoms with Gasteiger partial charge in [-0.15, -0.1) is 0 Å². The highest BCUT2D eigenvalue weighted by Crippen LogP contribution is 2.50. The van der Waals surface area contributed by atoms with E-state index >= 15 is 0 Å². The Labute approximate surface area is 172 Å². The van der Waals surface area contributed by atoms with Crippen LogP contribution in [-0.2, 0) is 11.2 Å². The molecule has 6 rings (SSSR count). The first-order valence-electron chi connectivity index (χ1n) is 9.97. The van der Waals surface area contributed by atoms with Gasteiger partial charge in [0.15, 0.2) is 6.23 Å². The van der Waals surface area contributed by atoms with E-state index in [9.17, 15) is 9.90 Å². The number of nitrogens with one attached hydrogen (secondary N) is 1. The number of hydrogen-bond donors (Lipinski definition) is 2. The normalized spacial score (nSPS) is 22.6. The Morgan fingerprint density at radius 3 is 2.67 bits per heavy atom. The fourth-order valence-corrected chi connectivity index (χ4v) is 4.89. The van der Waals surface area contributed by atoms with Crippen molar-refractivity contribution >= 4 is 16.9 Å². The summed E-state index contributed by atoms with van der Waals surface area (Å²) in [5, 5.41) is 11.3. The lowest BCUT2D eigenvalue weighted by Gasteiger charge is -2.48. The van der Waals surface area contributed by atoms with Crippen molar-refractivity contribution in [3.63, 3.8) is 0 Å². The number of hydrogen-bond acceptors (Lipinski definition) is 4. The molecule has 6 heteroatoms. The van der Waals surface area contributed by atoms with Gasteiger partial charge >= 0.3 is 5.97 Å². The molecule has 0 bridgehead atoms. The van der Waals surface area contributed by atoms with Gasteiger partial charge in [-0.3, -0.25) is 9.78 Å². The molecule has 0 unspecified atom stereocenters. The molecular formula is C24H19N3O3. The van der Waals surface area contributed by atoms with E-state index in [1.165, 1.54) is 0 Å². The van der Waals surface area contributed by atoms with Gasteiger partial charge in [0, 0.05) is 46.5 Å². The van der Waals surface area contributed by atoms with E-state index in [1.807, 2.05) is 59.5 Å². The second-order valence-corrected chi connectivity index (χ2v) is 7.76. The molecule has 2 N–H and O–H groups in total. The van der Waals surface area contributed by atoms with Crippen molar-refractivity contribution < 1.29 is 14.6 Å². The molecular weight excluding hydrogens is 378 g/mol. The van der Waals surface area contributed by atoms with Crippen LogP contribution in [0.5, 0.6) is 5.75 Å². The molecule has 0 aliphatic carbocycles. The molecule has 4 aromatic rings. The fourth-order valence-electron chi connectivity index (χ4n) is 4.89. The van der Waals surface area contributed by atoms with Gasteiger partial charge in [0.1, 0.15) is 11.8 Å². The number of pyridine rings is 1. The van der Waals surface area contributed by atoms with Crippen LogP contribution in [0.15, 0.2) is 73.1 Å². The van der Waals surface area contributed by atoms with Crippen LogP contribution in [-0.4, -0.2) is 32.0 Å². The average Bonchev–Trinajstić information content (AvgIpc) is 3.17. The summed E-state index contributed by atoms with van der Waals surface area (Å²) in [6.07, 6.45) is 3.32. The van der Waals surface area contributed by atoms with E-state index in [1.54, 1.807) is 12.4 Å². The number of rotatable bonds is 2. The van der Waals surface area contributed by atoms with Crippen LogP contribution in [0, 0.1) is 0 Å². The van der Waals surface area contributed by atoms with Gasteiger partial charge in [-0.2, -0.15) is 0 Å². The maximum atomic E-state index is 12.4. The second kappa shape index (κ2) is 6.43.